The van der Waals surface area contributed by atoms with Gasteiger partial charge >= 0.3 is 0 Å². The third kappa shape index (κ3) is 5.06. The first kappa shape index (κ1) is 18.4. The maximum Gasteiger partial charge on any atom is 0.126 e. The van der Waals surface area contributed by atoms with Crippen LogP contribution in [0.25, 0.3) is 6.08 Å². The van der Waals surface area contributed by atoms with Crippen molar-refractivity contribution in [2.24, 2.45) is 5.92 Å². The van der Waals surface area contributed by atoms with Crippen LogP contribution < -0.4 is 4.74 Å². The second-order valence-corrected chi connectivity index (χ2v) is 7.36. The Kier molecular flexibility index (Phi) is 6.91. The predicted molar refractivity (Wildman–Crippen MR) is 103 cm³/mol. The van der Waals surface area contributed by atoms with Gasteiger partial charge in [-0.1, -0.05) is 30.4 Å². The molecule has 0 amide bonds. The molecular formula is C21H32N2O2. The lowest BCUT2D eigenvalue weighted by Crippen LogP contribution is -2.50. The number of nitrogens with zero attached hydrogens (tertiary/aromatic N) is 2. The Balaban J connectivity index is 1.49. The van der Waals surface area contributed by atoms with E-state index in [-0.39, 0.29) is 0 Å². The summed E-state index contributed by atoms with van der Waals surface area (Å²) in [5.74, 6) is 1.46. The van der Waals surface area contributed by atoms with Gasteiger partial charge in [0.1, 0.15) is 5.75 Å². The summed E-state index contributed by atoms with van der Waals surface area (Å²) in [5.41, 5.74) is 1.14. The predicted octanol–water partition coefficient (Wildman–Crippen LogP) is 2.88. The first-order chi connectivity index (χ1) is 12.3. The lowest BCUT2D eigenvalue weighted by atomic mass is 9.94. The molecule has 0 aromatic heterocycles. The van der Waals surface area contributed by atoms with Crippen LogP contribution in [0, 0.1) is 5.92 Å². The normalized spacial score (nSPS) is 24.0. The molecule has 2 saturated heterocycles. The minimum Gasteiger partial charge on any atom is -0.496 e. The zero-order valence-electron chi connectivity index (χ0n) is 15.4. The van der Waals surface area contributed by atoms with E-state index in [1.807, 2.05) is 12.1 Å². The molecule has 0 spiro atoms. The molecule has 1 N–H and O–H groups in total. The van der Waals surface area contributed by atoms with Crippen LogP contribution in [0.3, 0.4) is 0 Å². The molecule has 1 aromatic rings. The van der Waals surface area contributed by atoms with Crippen molar-refractivity contribution >= 4 is 6.08 Å². The molecule has 4 nitrogen and oxygen atoms in total. The Morgan fingerprint density at radius 1 is 1.16 bits per heavy atom. The first-order valence-electron chi connectivity index (χ1n) is 9.67. The van der Waals surface area contributed by atoms with Gasteiger partial charge in [-0.25, -0.2) is 0 Å². The van der Waals surface area contributed by atoms with Gasteiger partial charge in [0.2, 0.25) is 0 Å². The van der Waals surface area contributed by atoms with Crippen LogP contribution in [0.1, 0.15) is 31.2 Å². The molecule has 3 rings (SSSR count). The van der Waals surface area contributed by atoms with Crippen molar-refractivity contribution in [1.82, 2.24) is 9.80 Å². The molecule has 25 heavy (non-hydrogen) atoms. The molecule has 2 heterocycles. The molecule has 0 radical (unpaired) electrons. The minimum atomic E-state index is 0.359. The number of hydrogen-bond donors (Lipinski definition) is 1. The van der Waals surface area contributed by atoms with Crippen molar-refractivity contribution in [3.8, 4) is 5.75 Å². The van der Waals surface area contributed by atoms with E-state index in [0.717, 1.165) is 43.8 Å². The molecule has 4 heteroatoms. The fourth-order valence-electron chi connectivity index (χ4n) is 4.13. The summed E-state index contributed by atoms with van der Waals surface area (Å²) in [4.78, 5) is 5.22. The number of rotatable bonds is 6. The quantitative estimate of drug-likeness (QED) is 0.861. The first-order valence-corrected chi connectivity index (χ1v) is 9.67. The molecule has 1 aromatic carbocycles. The molecule has 2 aliphatic rings. The minimum absolute atomic E-state index is 0.359. The molecule has 0 bridgehead atoms. The van der Waals surface area contributed by atoms with Crippen molar-refractivity contribution in [3.05, 3.63) is 35.9 Å². The molecule has 2 aliphatic heterocycles. The van der Waals surface area contributed by atoms with Crippen LogP contribution in [0.2, 0.25) is 0 Å². The van der Waals surface area contributed by atoms with Crippen molar-refractivity contribution in [1.29, 1.82) is 0 Å². The van der Waals surface area contributed by atoms with Gasteiger partial charge in [0.15, 0.2) is 0 Å². The summed E-state index contributed by atoms with van der Waals surface area (Å²) in [6.45, 7) is 6.03. The second-order valence-electron chi connectivity index (χ2n) is 7.36. The van der Waals surface area contributed by atoms with Crippen molar-refractivity contribution in [2.45, 2.75) is 31.7 Å². The van der Waals surface area contributed by atoms with Crippen LogP contribution >= 0.6 is 0 Å². The Hall–Kier alpha value is -1.36. The zero-order chi connectivity index (χ0) is 17.5. The van der Waals surface area contributed by atoms with Crippen molar-refractivity contribution < 1.29 is 9.84 Å². The summed E-state index contributed by atoms with van der Waals surface area (Å²) >= 11 is 0. The van der Waals surface area contributed by atoms with Gasteiger partial charge in [-0.05, 0) is 57.3 Å². The topological polar surface area (TPSA) is 35.9 Å². The Morgan fingerprint density at radius 3 is 2.72 bits per heavy atom. The number of aliphatic hydroxyl groups is 1. The van der Waals surface area contributed by atoms with Crippen LogP contribution in [0.15, 0.2) is 30.3 Å². The Labute approximate surface area is 152 Å². The number of hydrogen-bond acceptors (Lipinski definition) is 4. The van der Waals surface area contributed by atoms with E-state index in [4.69, 9.17) is 4.74 Å². The third-order valence-electron chi connectivity index (χ3n) is 5.70. The van der Waals surface area contributed by atoms with Gasteiger partial charge in [-0.3, -0.25) is 9.80 Å². The summed E-state index contributed by atoms with van der Waals surface area (Å²) in [6, 6.07) is 8.85. The highest BCUT2D eigenvalue weighted by Crippen LogP contribution is 2.23. The molecule has 1 atom stereocenters. The van der Waals surface area contributed by atoms with E-state index < -0.39 is 0 Å². The monoisotopic (exact) mass is 344 g/mol. The highest BCUT2D eigenvalue weighted by molar-refractivity contribution is 5.57. The van der Waals surface area contributed by atoms with Gasteiger partial charge in [-0.15, -0.1) is 0 Å². The molecule has 0 unspecified atom stereocenters. The average molecular weight is 344 g/mol. The molecule has 2 fully saturated rings. The molecule has 0 saturated carbocycles. The average Bonchev–Trinajstić information content (AvgIpc) is 2.69. The summed E-state index contributed by atoms with van der Waals surface area (Å²) in [6.07, 6.45) is 9.35. The number of likely N-dealkylation sites (tertiary alicyclic amines) is 2. The number of aliphatic hydroxyl groups excluding tert-OH is 1. The molecule has 0 aliphatic carbocycles. The summed E-state index contributed by atoms with van der Waals surface area (Å²) < 4.78 is 5.41. The standard InChI is InChI=1S/C21H32N2O2/c1-25-21-9-3-2-6-19(21)7-4-12-22-13-5-8-20(16-22)23-14-10-18(17-24)11-15-23/h2-4,6-7,9,18,20,24H,5,8,10-17H2,1H3/b7-4+/t20-/m1/s1. The van der Waals surface area contributed by atoms with E-state index in [9.17, 15) is 5.11 Å². The van der Waals surface area contributed by atoms with Crippen LogP contribution in [0.4, 0.5) is 0 Å². The highest BCUT2D eigenvalue weighted by Gasteiger charge is 2.28. The van der Waals surface area contributed by atoms with Gasteiger partial charge in [-0.2, -0.15) is 0 Å². The molecule has 138 valence electrons. The van der Waals surface area contributed by atoms with Crippen LogP contribution in [-0.2, 0) is 0 Å². The number of para-hydroxylation sites is 1. The van der Waals surface area contributed by atoms with E-state index in [2.05, 4.69) is 34.1 Å². The second kappa shape index (κ2) is 9.37. The van der Waals surface area contributed by atoms with Crippen LogP contribution in [-0.4, -0.2) is 67.4 Å². The fourth-order valence-corrected chi connectivity index (χ4v) is 4.13. The lowest BCUT2D eigenvalue weighted by Gasteiger charge is -2.42. The maximum atomic E-state index is 9.31. The number of methoxy groups -OCH3 is 1. The third-order valence-corrected chi connectivity index (χ3v) is 5.70. The van der Waals surface area contributed by atoms with Crippen molar-refractivity contribution in [3.63, 3.8) is 0 Å². The summed E-state index contributed by atoms with van der Waals surface area (Å²) in [5, 5.41) is 9.31. The van der Waals surface area contributed by atoms with E-state index in [1.54, 1.807) is 7.11 Å². The number of ether oxygens (including phenoxy) is 1. The highest BCUT2D eigenvalue weighted by atomic mass is 16.5. The molecular weight excluding hydrogens is 312 g/mol. The van der Waals surface area contributed by atoms with E-state index in [0.29, 0.717) is 18.6 Å². The SMILES string of the molecule is COc1ccccc1/C=C/CN1CCC[C@@H](N2CCC(CO)CC2)C1. The fraction of sp³-hybridized carbons (Fsp3) is 0.619. The van der Waals surface area contributed by atoms with E-state index in [1.165, 1.54) is 25.9 Å². The smallest absolute Gasteiger partial charge is 0.126 e. The largest absolute Gasteiger partial charge is 0.496 e. The van der Waals surface area contributed by atoms with Gasteiger partial charge < -0.3 is 9.84 Å². The van der Waals surface area contributed by atoms with Crippen LogP contribution in [0.5, 0.6) is 5.75 Å². The lowest BCUT2D eigenvalue weighted by molar-refractivity contribution is 0.0603. The van der Waals surface area contributed by atoms with Gasteiger partial charge in [0.05, 0.1) is 7.11 Å². The Morgan fingerprint density at radius 2 is 1.96 bits per heavy atom. The van der Waals surface area contributed by atoms with Gasteiger partial charge in [0.25, 0.3) is 0 Å². The van der Waals surface area contributed by atoms with Crippen molar-refractivity contribution in [2.75, 3.05) is 46.4 Å². The number of piperidine rings is 2. The zero-order valence-corrected chi connectivity index (χ0v) is 15.4. The Bertz CT molecular complexity index is 553. The maximum absolute atomic E-state index is 9.31. The van der Waals surface area contributed by atoms with Gasteiger partial charge in [0, 0.05) is 31.3 Å². The summed E-state index contributed by atoms with van der Waals surface area (Å²) in [7, 11) is 1.72. The van der Waals surface area contributed by atoms with E-state index >= 15 is 0 Å². The number of benzene rings is 1.